The molecule has 7 heteroatoms. The van der Waals surface area contributed by atoms with Gasteiger partial charge in [0.05, 0.1) is 16.6 Å². The number of aromatic nitrogens is 5. The fourth-order valence-electron chi connectivity index (χ4n) is 4.29. The van der Waals surface area contributed by atoms with Crippen LogP contribution in [0.5, 0.6) is 0 Å². The van der Waals surface area contributed by atoms with E-state index in [0.29, 0.717) is 11.0 Å². The molecule has 1 fully saturated rings. The van der Waals surface area contributed by atoms with Crippen molar-refractivity contribution in [2.24, 2.45) is 7.05 Å². The zero-order valence-corrected chi connectivity index (χ0v) is 17.0. The second-order valence-electron chi connectivity index (χ2n) is 8.09. The summed E-state index contributed by atoms with van der Waals surface area (Å²) in [5.74, 6) is 0. The minimum Gasteiger partial charge on any atom is -0.306 e. The summed E-state index contributed by atoms with van der Waals surface area (Å²) in [7, 11) is 4.04. The summed E-state index contributed by atoms with van der Waals surface area (Å²) < 4.78 is 3.62. The second-order valence-corrected chi connectivity index (χ2v) is 8.09. The summed E-state index contributed by atoms with van der Waals surface area (Å²) in [5.41, 5.74) is 4.42. The number of benzene rings is 1. The third-order valence-electron chi connectivity index (χ3n) is 5.94. The molecule has 1 aliphatic heterocycles. The molecular weight excluding hydrogens is 364 g/mol. The molecule has 0 bridgehead atoms. The Hall–Kier alpha value is -3.06. The molecule has 1 aromatic carbocycles. The largest absolute Gasteiger partial charge is 0.306 e. The van der Waals surface area contributed by atoms with Gasteiger partial charge in [-0.3, -0.25) is 14.0 Å². The highest BCUT2D eigenvalue weighted by Crippen LogP contribution is 2.27. The molecule has 148 valence electrons. The maximum absolute atomic E-state index is 13.0. The summed E-state index contributed by atoms with van der Waals surface area (Å²) in [5, 5.41) is 6.16. The Morgan fingerprint density at radius 3 is 2.69 bits per heavy atom. The van der Waals surface area contributed by atoms with Crippen molar-refractivity contribution in [2.45, 2.75) is 25.8 Å². The Bertz CT molecular complexity index is 1280. The fourth-order valence-corrected chi connectivity index (χ4v) is 4.29. The minimum atomic E-state index is 0.00231. The molecule has 7 nitrogen and oxygen atoms in total. The van der Waals surface area contributed by atoms with Gasteiger partial charge in [0.15, 0.2) is 5.65 Å². The van der Waals surface area contributed by atoms with Gasteiger partial charge in [0, 0.05) is 30.2 Å². The Morgan fingerprint density at radius 1 is 1.10 bits per heavy atom. The highest BCUT2D eigenvalue weighted by atomic mass is 16.1. The average Bonchev–Trinajstić information content (AvgIpc) is 3.10. The molecule has 0 amide bonds. The van der Waals surface area contributed by atoms with Gasteiger partial charge in [0.2, 0.25) is 0 Å². The van der Waals surface area contributed by atoms with Crippen LogP contribution in [0.2, 0.25) is 0 Å². The predicted molar refractivity (Wildman–Crippen MR) is 114 cm³/mol. The van der Waals surface area contributed by atoms with Crippen LogP contribution in [0.4, 0.5) is 0 Å². The third-order valence-corrected chi connectivity index (χ3v) is 5.94. The van der Waals surface area contributed by atoms with E-state index in [0.717, 1.165) is 53.7 Å². The Balaban J connectivity index is 1.56. The average molecular weight is 388 g/mol. The standard InChI is InChI=1S/C22H24N6O/c1-14-10-15(11-16-12-27(3)25-20(14)16)19-5-4-18-21(24-19)23-13-28(22(18)29)17-6-8-26(2)9-7-17/h4-5,10-13,17H,6-9H2,1-3H3. The van der Waals surface area contributed by atoms with Crippen molar-refractivity contribution in [1.82, 2.24) is 29.2 Å². The topological polar surface area (TPSA) is 68.8 Å². The predicted octanol–water partition coefficient (Wildman–Crippen LogP) is 2.92. The first-order valence-corrected chi connectivity index (χ1v) is 10.0. The van der Waals surface area contributed by atoms with Gasteiger partial charge >= 0.3 is 0 Å². The molecule has 0 saturated carbocycles. The number of nitrogens with zero attached hydrogens (tertiary/aromatic N) is 6. The highest BCUT2D eigenvalue weighted by Gasteiger charge is 2.20. The van der Waals surface area contributed by atoms with Crippen LogP contribution >= 0.6 is 0 Å². The molecule has 1 saturated heterocycles. The monoisotopic (exact) mass is 388 g/mol. The molecule has 0 spiro atoms. The summed E-state index contributed by atoms with van der Waals surface area (Å²) in [6, 6.07) is 8.17. The second kappa shape index (κ2) is 6.77. The fraction of sp³-hybridized carbons (Fsp3) is 0.364. The molecule has 1 aliphatic rings. The quantitative estimate of drug-likeness (QED) is 0.528. The van der Waals surface area contributed by atoms with Crippen molar-refractivity contribution in [3.05, 3.63) is 52.7 Å². The van der Waals surface area contributed by atoms with Crippen LogP contribution in [-0.4, -0.2) is 49.4 Å². The number of fused-ring (bicyclic) bond motifs is 2. The molecule has 0 aliphatic carbocycles. The lowest BCUT2D eigenvalue weighted by Crippen LogP contribution is -2.35. The van der Waals surface area contributed by atoms with Gasteiger partial charge in [-0.1, -0.05) is 0 Å². The number of hydrogen-bond donors (Lipinski definition) is 0. The van der Waals surface area contributed by atoms with E-state index in [4.69, 9.17) is 4.98 Å². The lowest BCUT2D eigenvalue weighted by Gasteiger charge is -2.29. The van der Waals surface area contributed by atoms with Crippen LogP contribution in [0.15, 0.2) is 41.6 Å². The van der Waals surface area contributed by atoms with E-state index in [-0.39, 0.29) is 11.6 Å². The van der Waals surface area contributed by atoms with Crippen molar-refractivity contribution < 1.29 is 0 Å². The van der Waals surface area contributed by atoms with Crippen LogP contribution in [0.25, 0.3) is 33.2 Å². The van der Waals surface area contributed by atoms with E-state index in [1.807, 2.05) is 30.1 Å². The highest BCUT2D eigenvalue weighted by molar-refractivity contribution is 5.87. The Morgan fingerprint density at radius 2 is 1.90 bits per heavy atom. The van der Waals surface area contributed by atoms with Crippen molar-refractivity contribution >= 4 is 21.9 Å². The molecule has 5 rings (SSSR count). The number of rotatable bonds is 2. The molecule has 0 N–H and O–H groups in total. The van der Waals surface area contributed by atoms with Crippen molar-refractivity contribution in [3.8, 4) is 11.3 Å². The van der Waals surface area contributed by atoms with E-state index in [2.05, 4.69) is 41.1 Å². The van der Waals surface area contributed by atoms with Gasteiger partial charge in [-0.25, -0.2) is 9.97 Å². The Labute approximate surface area is 168 Å². The number of piperidine rings is 1. The van der Waals surface area contributed by atoms with Crippen molar-refractivity contribution in [2.75, 3.05) is 20.1 Å². The Kier molecular flexibility index (Phi) is 4.20. The number of hydrogen-bond acceptors (Lipinski definition) is 5. The van der Waals surface area contributed by atoms with E-state index in [9.17, 15) is 4.79 Å². The molecule has 0 radical (unpaired) electrons. The summed E-state index contributed by atoms with van der Waals surface area (Å²) in [4.78, 5) is 24.6. The van der Waals surface area contributed by atoms with Crippen LogP contribution in [0, 0.1) is 6.92 Å². The normalized spacial score (nSPS) is 16.1. The maximum atomic E-state index is 13.0. The zero-order chi connectivity index (χ0) is 20.1. The number of likely N-dealkylation sites (tertiary alicyclic amines) is 1. The van der Waals surface area contributed by atoms with E-state index in [1.165, 1.54) is 0 Å². The molecule has 29 heavy (non-hydrogen) atoms. The molecular formula is C22H24N6O. The maximum Gasteiger partial charge on any atom is 0.263 e. The van der Waals surface area contributed by atoms with E-state index in [1.54, 1.807) is 10.9 Å². The third kappa shape index (κ3) is 3.11. The van der Waals surface area contributed by atoms with Gasteiger partial charge in [-0.05, 0) is 69.7 Å². The number of pyridine rings is 1. The van der Waals surface area contributed by atoms with Gasteiger partial charge in [0.25, 0.3) is 5.56 Å². The molecule has 3 aromatic heterocycles. The molecule has 4 heterocycles. The van der Waals surface area contributed by atoms with Crippen LogP contribution < -0.4 is 5.56 Å². The van der Waals surface area contributed by atoms with Crippen molar-refractivity contribution in [1.29, 1.82) is 0 Å². The summed E-state index contributed by atoms with van der Waals surface area (Å²) in [6.07, 6.45) is 5.62. The SMILES string of the molecule is Cc1cc(-c2ccc3c(=O)n(C4CCN(C)CC4)cnc3n2)cc2cn(C)nc12. The van der Waals surface area contributed by atoms with Crippen molar-refractivity contribution in [3.63, 3.8) is 0 Å². The minimum absolute atomic E-state index is 0.00231. The molecule has 0 unspecified atom stereocenters. The van der Waals surface area contributed by atoms with Crippen LogP contribution in [-0.2, 0) is 7.05 Å². The van der Waals surface area contributed by atoms with E-state index < -0.39 is 0 Å². The van der Waals surface area contributed by atoms with Gasteiger partial charge in [0.1, 0.15) is 6.33 Å². The molecule has 4 aromatic rings. The van der Waals surface area contributed by atoms with E-state index >= 15 is 0 Å². The van der Waals surface area contributed by atoms with Gasteiger partial charge in [-0.2, -0.15) is 5.10 Å². The first-order valence-electron chi connectivity index (χ1n) is 10.0. The summed E-state index contributed by atoms with van der Waals surface area (Å²) in [6.45, 7) is 4.06. The number of aryl methyl sites for hydroxylation is 2. The summed E-state index contributed by atoms with van der Waals surface area (Å²) >= 11 is 0. The molecule has 0 atom stereocenters. The lowest BCUT2D eigenvalue weighted by atomic mass is 10.0. The van der Waals surface area contributed by atoms with Gasteiger partial charge in [-0.15, -0.1) is 0 Å². The van der Waals surface area contributed by atoms with Crippen LogP contribution in [0.1, 0.15) is 24.4 Å². The smallest absolute Gasteiger partial charge is 0.263 e. The van der Waals surface area contributed by atoms with Crippen LogP contribution in [0.3, 0.4) is 0 Å². The first-order chi connectivity index (χ1) is 14.0. The first kappa shape index (κ1) is 18.0. The lowest BCUT2D eigenvalue weighted by molar-refractivity contribution is 0.218. The zero-order valence-electron chi connectivity index (χ0n) is 17.0. The van der Waals surface area contributed by atoms with Gasteiger partial charge < -0.3 is 4.90 Å².